The van der Waals surface area contributed by atoms with Crippen molar-refractivity contribution in [3.05, 3.63) is 0 Å². The molecular weight excluding hydrogens is 160 g/mol. The normalized spacial score (nSPS) is 21.2. The van der Waals surface area contributed by atoms with E-state index in [1.165, 1.54) is 6.34 Å². The zero-order valence-electron chi connectivity index (χ0n) is 6.39. The Morgan fingerprint density at radius 2 is 2.42 bits per heavy atom. The first-order chi connectivity index (χ1) is 5.78. The fourth-order valence-corrected chi connectivity index (χ4v) is 0.898. The van der Waals surface area contributed by atoms with Crippen molar-refractivity contribution in [2.45, 2.75) is 12.7 Å². The summed E-state index contributed by atoms with van der Waals surface area (Å²) in [5.74, 6) is -1.52. The van der Waals surface area contributed by atoms with Crippen LogP contribution in [0.15, 0.2) is 20.2 Å². The lowest BCUT2D eigenvalue weighted by Gasteiger charge is -2.02. The van der Waals surface area contributed by atoms with Gasteiger partial charge in [0.2, 0.25) is 5.71 Å². The van der Waals surface area contributed by atoms with Gasteiger partial charge in [0, 0.05) is 0 Å². The summed E-state index contributed by atoms with van der Waals surface area (Å²) in [5.41, 5.74) is 0.157. The van der Waals surface area contributed by atoms with E-state index in [0.29, 0.717) is 6.61 Å². The van der Waals surface area contributed by atoms with Crippen molar-refractivity contribution < 1.29 is 9.53 Å². The van der Waals surface area contributed by atoms with Gasteiger partial charge < -0.3 is 4.74 Å². The van der Waals surface area contributed by atoms with E-state index in [1.54, 1.807) is 6.92 Å². The summed E-state index contributed by atoms with van der Waals surface area (Å²) < 4.78 is 4.73. The number of ether oxygens (including phenoxy) is 1. The van der Waals surface area contributed by atoms with Crippen LogP contribution in [-0.4, -0.2) is 30.4 Å². The molecule has 62 valence electrons. The number of nitrogens with zero attached hydrogens (tertiary/aromatic N) is 4. The van der Waals surface area contributed by atoms with E-state index in [-0.39, 0.29) is 5.71 Å². The van der Waals surface area contributed by atoms with Gasteiger partial charge in [0.05, 0.1) is 6.61 Å². The van der Waals surface area contributed by atoms with Crippen molar-refractivity contribution in [3.63, 3.8) is 0 Å². The van der Waals surface area contributed by atoms with Crippen molar-refractivity contribution in [3.8, 4) is 0 Å². The van der Waals surface area contributed by atoms with Crippen LogP contribution in [0.1, 0.15) is 6.92 Å². The molecule has 2 aliphatic rings. The van der Waals surface area contributed by atoms with Gasteiger partial charge in [-0.05, 0) is 6.92 Å². The molecule has 0 N–H and O–H groups in total. The average Bonchev–Trinajstić information content (AvgIpc) is 2.63. The predicted molar refractivity (Wildman–Crippen MR) is 40.1 cm³/mol. The quantitative estimate of drug-likeness (QED) is 0.547. The highest BCUT2D eigenvalue weighted by molar-refractivity contribution is 6.42. The van der Waals surface area contributed by atoms with E-state index < -0.39 is 11.8 Å². The first-order valence-corrected chi connectivity index (χ1v) is 3.51. The second kappa shape index (κ2) is 2.20. The molecule has 0 aliphatic carbocycles. The van der Waals surface area contributed by atoms with Crippen LogP contribution >= 0.6 is 0 Å². The lowest BCUT2D eigenvalue weighted by Crippen LogP contribution is -2.29. The summed E-state index contributed by atoms with van der Waals surface area (Å²) >= 11 is 0. The Morgan fingerprint density at radius 3 is 3.00 bits per heavy atom. The molecule has 12 heavy (non-hydrogen) atoms. The van der Waals surface area contributed by atoms with Crippen LogP contribution in [0, 0.1) is 0 Å². The van der Waals surface area contributed by atoms with E-state index in [0.717, 1.165) is 0 Å². The minimum Gasteiger partial charge on any atom is -0.461 e. The Hall–Kier alpha value is -1.59. The summed E-state index contributed by atoms with van der Waals surface area (Å²) in [5, 5.41) is 7.23. The van der Waals surface area contributed by atoms with Gasteiger partial charge in [-0.15, -0.1) is 10.2 Å². The van der Waals surface area contributed by atoms with E-state index in [4.69, 9.17) is 4.74 Å². The maximum Gasteiger partial charge on any atom is 0.359 e. The zero-order chi connectivity index (χ0) is 8.60. The fourth-order valence-electron chi connectivity index (χ4n) is 0.898. The van der Waals surface area contributed by atoms with Gasteiger partial charge in [0.25, 0.3) is 0 Å². The molecule has 0 aromatic rings. The summed E-state index contributed by atoms with van der Waals surface area (Å²) in [6.45, 7) is 2.04. The first-order valence-electron chi connectivity index (χ1n) is 3.51. The van der Waals surface area contributed by atoms with Crippen LogP contribution in [0.4, 0.5) is 0 Å². The zero-order valence-corrected chi connectivity index (χ0v) is 6.39. The second-order valence-electron chi connectivity index (χ2n) is 2.28. The van der Waals surface area contributed by atoms with E-state index in [9.17, 15) is 4.79 Å². The Labute approximate surface area is 68.1 Å². The Balaban J connectivity index is 2.11. The van der Waals surface area contributed by atoms with Crippen molar-refractivity contribution in [2.24, 2.45) is 20.2 Å². The minimum atomic E-state index is -1.02. The molecular formula is C6H6N4O2. The molecule has 0 amide bonds. The number of hydrogen-bond donors (Lipinski definition) is 0. The van der Waals surface area contributed by atoms with Gasteiger partial charge in [-0.3, -0.25) is 0 Å². The smallest absolute Gasteiger partial charge is 0.359 e. The molecule has 6 nitrogen and oxygen atoms in total. The highest BCUT2D eigenvalue weighted by atomic mass is 16.5. The summed E-state index contributed by atoms with van der Waals surface area (Å²) in [6.07, 6.45) is 1.27. The number of hydrogen-bond acceptors (Lipinski definition) is 6. The molecule has 0 aromatic carbocycles. The van der Waals surface area contributed by atoms with E-state index in [1.807, 2.05) is 0 Å². The Bertz CT molecular complexity index is 312. The molecule has 0 radical (unpaired) electrons. The van der Waals surface area contributed by atoms with Crippen LogP contribution in [-0.2, 0) is 9.53 Å². The molecule has 6 heteroatoms. The first kappa shape index (κ1) is 7.08. The molecule has 0 aromatic heterocycles. The lowest BCUT2D eigenvalue weighted by molar-refractivity contribution is -0.135. The van der Waals surface area contributed by atoms with Crippen molar-refractivity contribution in [1.29, 1.82) is 0 Å². The number of carbonyl (C=O) groups is 1. The fraction of sp³-hybridized carbons (Fsp3) is 0.500. The van der Waals surface area contributed by atoms with Crippen LogP contribution in [0.5, 0.6) is 0 Å². The Morgan fingerprint density at radius 1 is 1.67 bits per heavy atom. The molecule has 0 bridgehead atoms. The van der Waals surface area contributed by atoms with Crippen LogP contribution in [0.3, 0.4) is 0 Å². The lowest BCUT2D eigenvalue weighted by atomic mass is 10.2. The molecule has 0 saturated carbocycles. The SMILES string of the molecule is CCOC(=O)C1=NC=NC12N=N2. The van der Waals surface area contributed by atoms with E-state index in [2.05, 4.69) is 20.2 Å². The molecule has 1 spiro atoms. The number of carbonyl (C=O) groups excluding carboxylic acids is 1. The standard InChI is InChI=1S/C6H6N4O2/c1-2-12-5(11)4-6(9-10-6)8-3-7-4/h3H,2H2,1H3. The van der Waals surface area contributed by atoms with Crippen molar-refractivity contribution in [1.82, 2.24) is 0 Å². The number of aliphatic imine (C=N–C) groups is 2. The van der Waals surface area contributed by atoms with E-state index >= 15 is 0 Å². The summed E-state index contributed by atoms with van der Waals surface area (Å²) in [4.78, 5) is 18.7. The minimum absolute atomic E-state index is 0.157. The second-order valence-corrected chi connectivity index (χ2v) is 2.28. The highest BCUT2D eigenvalue weighted by Gasteiger charge is 2.52. The maximum absolute atomic E-state index is 11.1. The molecule has 0 unspecified atom stereocenters. The third kappa shape index (κ3) is 0.843. The molecule has 0 atom stereocenters. The van der Waals surface area contributed by atoms with Gasteiger partial charge in [-0.1, -0.05) is 0 Å². The summed E-state index contributed by atoms with van der Waals surface area (Å²) in [6, 6.07) is 0. The molecule has 0 saturated heterocycles. The third-order valence-electron chi connectivity index (χ3n) is 1.50. The Kier molecular flexibility index (Phi) is 1.30. The molecule has 2 heterocycles. The van der Waals surface area contributed by atoms with Gasteiger partial charge >= 0.3 is 11.8 Å². The third-order valence-corrected chi connectivity index (χ3v) is 1.50. The molecule has 2 rings (SSSR count). The van der Waals surface area contributed by atoms with Gasteiger partial charge in [0.1, 0.15) is 6.34 Å². The van der Waals surface area contributed by atoms with Crippen molar-refractivity contribution in [2.75, 3.05) is 6.61 Å². The topological polar surface area (TPSA) is 75.7 Å². The monoisotopic (exact) mass is 166 g/mol. The van der Waals surface area contributed by atoms with Gasteiger partial charge in [-0.2, -0.15) is 0 Å². The highest BCUT2D eigenvalue weighted by Crippen LogP contribution is 2.34. The largest absolute Gasteiger partial charge is 0.461 e. The average molecular weight is 166 g/mol. The number of esters is 1. The van der Waals surface area contributed by atoms with Gasteiger partial charge in [-0.25, -0.2) is 14.8 Å². The predicted octanol–water partition coefficient (Wildman–Crippen LogP) is 0.152. The maximum atomic E-state index is 11.1. The van der Waals surface area contributed by atoms with Crippen molar-refractivity contribution >= 4 is 18.0 Å². The van der Waals surface area contributed by atoms with Crippen LogP contribution in [0.2, 0.25) is 0 Å². The molecule has 0 fully saturated rings. The summed E-state index contributed by atoms with van der Waals surface area (Å²) in [7, 11) is 0. The van der Waals surface area contributed by atoms with Gasteiger partial charge in [0.15, 0.2) is 0 Å². The van der Waals surface area contributed by atoms with Crippen LogP contribution in [0.25, 0.3) is 0 Å². The molecule has 2 aliphatic heterocycles. The van der Waals surface area contributed by atoms with Crippen LogP contribution < -0.4 is 0 Å². The number of rotatable bonds is 2.